The highest BCUT2D eigenvalue weighted by Gasteiger charge is 2.36. The summed E-state index contributed by atoms with van der Waals surface area (Å²) in [5.74, 6) is -0.167. The summed E-state index contributed by atoms with van der Waals surface area (Å²) in [5, 5.41) is 9.82. The van der Waals surface area contributed by atoms with Crippen molar-refractivity contribution in [3.8, 4) is 0 Å². The number of carbonyl (C=O) groups is 1. The summed E-state index contributed by atoms with van der Waals surface area (Å²) >= 11 is 0. The smallest absolute Gasteiger partial charge is 0.323 e. The van der Waals surface area contributed by atoms with E-state index in [0.717, 1.165) is 19.4 Å². The molecule has 1 fully saturated rings. The second kappa shape index (κ2) is 4.94. The van der Waals surface area contributed by atoms with Gasteiger partial charge >= 0.3 is 5.97 Å². The predicted octanol–water partition coefficient (Wildman–Crippen LogP) is 1.56. The van der Waals surface area contributed by atoms with Crippen LogP contribution < -0.4 is 0 Å². The van der Waals surface area contributed by atoms with Crippen molar-refractivity contribution >= 4 is 5.97 Å². The van der Waals surface area contributed by atoms with Gasteiger partial charge in [-0.2, -0.15) is 0 Å². The lowest BCUT2D eigenvalue weighted by atomic mass is 10.1. The highest BCUT2D eigenvalue weighted by atomic mass is 16.6. The van der Waals surface area contributed by atoms with Crippen LogP contribution >= 0.6 is 0 Å². The van der Waals surface area contributed by atoms with E-state index in [2.05, 4.69) is 0 Å². The molecule has 4 heteroatoms. The fourth-order valence-electron chi connectivity index (χ4n) is 2.15. The van der Waals surface area contributed by atoms with Crippen molar-refractivity contribution in [3.63, 3.8) is 0 Å². The molecular formula is C13H25NO3. The van der Waals surface area contributed by atoms with Crippen LogP contribution in [0.1, 0.15) is 47.5 Å². The first kappa shape index (κ1) is 14.5. The first-order valence-corrected chi connectivity index (χ1v) is 6.28. The van der Waals surface area contributed by atoms with E-state index in [1.54, 1.807) is 13.8 Å². The van der Waals surface area contributed by atoms with Gasteiger partial charge in [-0.15, -0.1) is 0 Å². The molecule has 4 nitrogen and oxygen atoms in total. The van der Waals surface area contributed by atoms with E-state index < -0.39 is 11.2 Å². The molecule has 0 aromatic heterocycles. The second-order valence-corrected chi connectivity index (χ2v) is 6.47. The van der Waals surface area contributed by atoms with Crippen LogP contribution in [-0.2, 0) is 9.53 Å². The lowest BCUT2D eigenvalue weighted by Gasteiger charge is -2.31. The quantitative estimate of drug-likeness (QED) is 0.764. The van der Waals surface area contributed by atoms with Crippen molar-refractivity contribution in [1.82, 2.24) is 4.90 Å². The summed E-state index contributed by atoms with van der Waals surface area (Å²) in [6, 6.07) is -0.194. The van der Waals surface area contributed by atoms with E-state index in [1.165, 1.54) is 0 Å². The number of esters is 1. The first-order chi connectivity index (χ1) is 7.58. The third-order valence-electron chi connectivity index (χ3n) is 2.63. The zero-order valence-electron chi connectivity index (χ0n) is 11.6. The molecule has 0 bridgehead atoms. The first-order valence-electron chi connectivity index (χ1n) is 6.28. The molecule has 0 saturated carbocycles. The van der Waals surface area contributed by atoms with Crippen LogP contribution in [0, 0.1) is 0 Å². The van der Waals surface area contributed by atoms with E-state index in [0.29, 0.717) is 6.54 Å². The van der Waals surface area contributed by atoms with Crippen LogP contribution in [0.2, 0.25) is 0 Å². The molecule has 1 atom stereocenters. The van der Waals surface area contributed by atoms with E-state index in [-0.39, 0.29) is 12.0 Å². The molecule has 0 radical (unpaired) electrons. The van der Waals surface area contributed by atoms with Crippen LogP contribution in [0.15, 0.2) is 0 Å². The van der Waals surface area contributed by atoms with Crippen LogP contribution in [0.3, 0.4) is 0 Å². The largest absolute Gasteiger partial charge is 0.459 e. The Labute approximate surface area is 104 Å². The van der Waals surface area contributed by atoms with Gasteiger partial charge in [0.15, 0.2) is 0 Å². The van der Waals surface area contributed by atoms with Gasteiger partial charge in [0.25, 0.3) is 0 Å². The van der Waals surface area contributed by atoms with Crippen LogP contribution in [0.5, 0.6) is 0 Å². The lowest BCUT2D eigenvalue weighted by molar-refractivity contribution is -0.161. The van der Waals surface area contributed by atoms with E-state index in [1.807, 2.05) is 25.7 Å². The number of β-amino-alcohol motifs (C(OH)–C–C–N with tert-alkyl or cyclic N) is 1. The maximum absolute atomic E-state index is 12.0. The van der Waals surface area contributed by atoms with Gasteiger partial charge < -0.3 is 9.84 Å². The standard InChI is InChI=1S/C13H25NO3/c1-12(2,3)17-11(15)10-7-6-8-14(10)9-13(4,5)16/h10,16H,6-9H2,1-5H3/t10-/m0/s1. The Hall–Kier alpha value is -0.610. The summed E-state index contributed by atoms with van der Waals surface area (Å²) in [6.45, 7) is 10.5. The van der Waals surface area contributed by atoms with Crippen molar-refractivity contribution < 1.29 is 14.6 Å². The predicted molar refractivity (Wildman–Crippen MR) is 66.7 cm³/mol. The molecule has 1 rings (SSSR count). The molecule has 1 saturated heterocycles. The molecule has 0 amide bonds. The SMILES string of the molecule is CC(C)(O)CN1CCC[C@H]1C(=O)OC(C)(C)C. The minimum Gasteiger partial charge on any atom is -0.459 e. The van der Waals surface area contributed by atoms with E-state index in [4.69, 9.17) is 4.74 Å². The maximum Gasteiger partial charge on any atom is 0.323 e. The number of likely N-dealkylation sites (tertiary alicyclic amines) is 1. The maximum atomic E-state index is 12.0. The number of ether oxygens (including phenoxy) is 1. The number of hydrogen-bond donors (Lipinski definition) is 1. The fraction of sp³-hybridized carbons (Fsp3) is 0.923. The minimum atomic E-state index is -0.773. The van der Waals surface area contributed by atoms with Gasteiger partial charge in [-0.1, -0.05) is 0 Å². The Morgan fingerprint density at radius 1 is 1.35 bits per heavy atom. The van der Waals surface area contributed by atoms with E-state index in [9.17, 15) is 9.90 Å². The van der Waals surface area contributed by atoms with Crippen LogP contribution in [-0.4, -0.2) is 46.3 Å². The Kier molecular flexibility index (Phi) is 4.20. The fourth-order valence-corrected chi connectivity index (χ4v) is 2.15. The highest BCUT2D eigenvalue weighted by molar-refractivity contribution is 5.76. The molecule has 0 unspecified atom stereocenters. The molecule has 1 aliphatic rings. The van der Waals surface area contributed by atoms with Gasteiger partial charge in [-0.3, -0.25) is 9.69 Å². The van der Waals surface area contributed by atoms with Gasteiger partial charge in [0.1, 0.15) is 11.6 Å². The summed E-state index contributed by atoms with van der Waals surface area (Å²) in [7, 11) is 0. The number of carbonyl (C=O) groups excluding carboxylic acids is 1. The molecule has 100 valence electrons. The van der Waals surface area contributed by atoms with E-state index >= 15 is 0 Å². The van der Waals surface area contributed by atoms with Gasteiger partial charge in [-0.05, 0) is 54.0 Å². The van der Waals surface area contributed by atoms with Crippen molar-refractivity contribution in [2.75, 3.05) is 13.1 Å². The minimum absolute atomic E-state index is 0.167. The van der Waals surface area contributed by atoms with Crippen LogP contribution in [0.25, 0.3) is 0 Å². The topological polar surface area (TPSA) is 49.8 Å². The van der Waals surface area contributed by atoms with Crippen LogP contribution in [0.4, 0.5) is 0 Å². The number of rotatable bonds is 3. The normalized spacial score (nSPS) is 22.8. The van der Waals surface area contributed by atoms with Crippen molar-refractivity contribution in [2.45, 2.75) is 64.7 Å². The number of aliphatic hydroxyl groups is 1. The van der Waals surface area contributed by atoms with Gasteiger partial charge in [0.2, 0.25) is 0 Å². The molecule has 0 aromatic rings. The molecule has 1 heterocycles. The third kappa shape index (κ3) is 5.04. The number of nitrogens with zero attached hydrogens (tertiary/aromatic N) is 1. The molecular weight excluding hydrogens is 218 g/mol. The Morgan fingerprint density at radius 3 is 2.41 bits per heavy atom. The number of hydrogen-bond acceptors (Lipinski definition) is 4. The zero-order chi connectivity index (χ0) is 13.3. The van der Waals surface area contributed by atoms with Crippen molar-refractivity contribution in [3.05, 3.63) is 0 Å². The summed E-state index contributed by atoms with van der Waals surface area (Å²) in [4.78, 5) is 14.0. The molecule has 0 aromatic carbocycles. The molecule has 1 aliphatic heterocycles. The second-order valence-electron chi connectivity index (χ2n) is 6.47. The average Bonchev–Trinajstić information content (AvgIpc) is 2.45. The zero-order valence-corrected chi connectivity index (χ0v) is 11.6. The van der Waals surface area contributed by atoms with Crippen molar-refractivity contribution in [2.24, 2.45) is 0 Å². The Morgan fingerprint density at radius 2 is 1.94 bits per heavy atom. The summed E-state index contributed by atoms with van der Waals surface area (Å²) < 4.78 is 5.40. The lowest BCUT2D eigenvalue weighted by Crippen LogP contribution is -2.46. The van der Waals surface area contributed by atoms with Gasteiger partial charge in [0, 0.05) is 6.54 Å². The molecule has 17 heavy (non-hydrogen) atoms. The molecule has 0 aliphatic carbocycles. The monoisotopic (exact) mass is 243 g/mol. The van der Waals surface area contributed by atoms with Crippen molar-refractivity contribution in [1.29, 1.82) is 0 Å². The average molecular weight is 243 g/mol. The third-order valence-corrected chi connectivity index (χ3v) is 2.63. The van der Waals surface area contributed by atoms with Gasteiger partial charge in [-0.25, -0.2) is 0 Å². The molecule has 1 N–H and O–H groups in total. The summed E-state index contributed by atoms with van der Waals surface area (Å²) in [6.07, 6.45) is 1.81. The Bertz CT molecular complexity index is 275. The highest BCUT2D eigenvalue weighted by Crippen LogP contribution is 2.22. The Balaban J connectivity index is 2.60. The summed E-state index contributed by atoms with van der Waals surface area (Å²) in [5.41, 5.74) is -1.22. The molecule has 0 spiro atoms. The van der Waals surface area contributed by atoms with Gasteiger partial charge in [0.05, 0.1) is 5.60 Å².